The van der Waals surface area contributed by atoms with Gasteiger partial charge in [0.1, 0.15) is 6.54 Å². The van der Waals surface area contributed by atoms with E-state index < -0.39 is 12.4 Å². The van der Waals surface area contributed by atoms with Gasteiger partial charge in [0.15, 0.2) is 33.5 Å². The highest BCUT2D eigenvalue weighted by molar-refractivity contribution is 6.31. The molecule has 0 atom stereocenters. The number of anilines is 2. The first-order valence-electron chi connectivity index (χ1n) is 18.0. The summed E-state index contributed by atoms with van der Waals surface area (Å²) in [4.78, 5) is 47.7. The zero-order valence-corrected chi connectivity index (χ0v) is 30.9. The predicted octanol–water partition coefficient (Wildman–Crippen LogP) is 2.83. The number of benzene rings is 2. The van der Waals surface area contributed by atoms with E-state index >= 15 is 0 Å². The monoisotopic (exact) mass is 731 g/mol. The Morgan fingerprint density at radius 1 is 1.02 bits per heavy atom. The van der Waals surface area contributed by atoms with Gasteiger partial charge in [-0.25, -0.2) is 19.1 Å². The first-order valence-corrected chi connectivity index (χ1v) is 18.4. The van der Waals surface area contributed by atoms with Crippen molar-refractivity contribution in [3.05, 3.63) is 76.8 Å². The van der Waals surface area contributed by atoms with Crippen LogP contribution in [0.2, 0.25) is 5.15 Å². The van der Waals surface area contributed by atoms with Crippen molar-refractivity contribution in [1.82, 2.24) is 29.7 Å². The first kappa shape index (κ1) is 38.5. The molecule has 6 rings (SSSR count). The van der Waals surface area contributed by atoms with E-state index in [-0.39, 0.29) is 34.4 Å². The highest BCUT2D eigenvalue weighted by Crippen LogP contribution is 2.38. The Hall–Kier alpha value is -4.75. The topological polar surface area (TPSA) is 179 Å². The average Bonchev–Trinajstić information content (AvgIpc) is 3.44. The number of carbonyl (C=O) groups is 3. The molecule has 2 amide bonds. The maximum Gasteiger partial charge on any atom is 0.277 e. The van der Waals surface area contributed by atoms with Crippen LogP contribution in [0.1, 0.15) is 67.3 Å². The Morgan fingerprint density at radius 2 is 1.67 bits per heavy atom. The lowest BCUT2D eigenvalue weighted by molar-refractivity contribution is -0.694. The molecule has 0 unspecified atom stereocenters. The van der Waals surface area contributed by atoms with Crippen molar-refractivity contribution < 1.29 is 24.1 Å². The van der Waals surface area contributed by atoms with Crippen LogP contribution < -0.4 is 26.5 Å². The molecule has 0 spiro atoms. The summed E-state index contributed by atoms with van der Waals surface area (Å²) in [6.45, 7) is 7.02. The van der Waals surface area contributed by atoms with E-state index in [0.29, 0.717) is 18.2 Å². The maximum atomic E-state index is 13.5. The van der Waals surface area contributed by atoms with Crippen molar-refractivity contribution in [2.24, 2.45) is 11.3 Å². The van der Waals surface area contributed by atoms with Gasteiger partial charge in [0, 0.05) is 31.4 Å². The number of piperidine rings is 2. The molecule has 2 aromatic heterocycles. The number of halogens is 1. The second-order valence-corrected chi connectivity index (χ2v) is 14.3. The van der Waals surface area contributed by atoms with Crippen LogP contribution in [0.3, 0.4) is 0 Å². The molecule has 0 radical (unpaired) electrons. The number of rotatable bonds is 11. The quantitative estimate of drug-likeness (QED) is 0.155. The van der Waals surface area contributed by atoms with Crippen molar-refractivity contribution >= 4 is 52.6 Å². The van der Waals surface area contributed by atoms with Crippen molar-refractivity contribution in [3.8, 4) is 0 Å². The summed E-state index contributed by atoms with van der Waals surface area (Å²) in [6.07, 6.45) is 6.63. The van der Waals surface area contributed by atoms with Gasteiger partial charge in [0.25, 0.3) is 11.7 Å². The number of carboxylic acid groups (broad SMARTS) is 1. The number of aromatic nitrogens is 4. The molecule has 52 heavy (non-hydrogen) atoms. The normalized spacial score (nSPS) is 16.2. The Labute approximate surface area is 310 Å². The molecule has 4 heterocycles. The third-order valence-electron chi connectivity index (χ3n) is 10.7. The third kappa shape index (κ3) is 9.18. The van der Waals surface area contributed by atoms with E-state index in [1.165, 1.54) is 5.56 Å². The van der Waals surface area contributed by atoms with Gasteiger partial charge in [-0.3, -0.25) is 9.59 Å². The number of aryl methyl sites for hydroxylation is 2. The fraction of sp³-hybridized carbons (Fsp3) is 0.474. The zero-order chi connectivity index (χ0) is 37.3. The van der Waals surface area contributed by atoms with E-state index in [2.05, 4.69) is 96.7 Å². The molecule has 0 aliphatic carbocycles. The molecule has 0 bridgehead atoms. The molecular weight excluding hydrogens is 682 g/mol. The van der Waals surface area contributed by atoms with E-state index in [0.717, 1.165) is 94.7 Å². The lowest BCUT2D eigenvalue weighted by Gasteiger charge is -2.42. The number of fused-ring (bicyclic) bond motifs is 1. The van der Waals surface area contributed by atoms with Crippen LogP contribution in [0.15, 0.2) is 54.6 Å². The summed E-state index contributed by atoms with van der Waals surface area (Å²) in [5.41, 5.74) is 15.2. The van der Waals surface area contributed by atoms with E-state index in [1.807, 2.05) is 6.07 Å². The SMILES string of the molecule is CCn1c(CNC(=O)c2nc(Cl)c(N)nc2N)[n+](CC2(CCc3ccccc3)CCN(C(=O)CC3CCN(C)CC3)CC2)c2ccccc21.O=C[O-]. The number of para-hydroxylation sites is 2. The van der Waals surface area contributed by atoms with Gasteiger partial charge in [0.05, 0.1) is 13.1 Å². The minimum atomic E-state index is -0.500. The number of carbonyl (C=O) groups excluding carboxylic acids is 3. The largest absolute Gasteiger partial charge is 0.554 e. The summed E-state index contributed by atoms with van der Waals surface area (Å²) >= 11 is 6.09. The van der Waals surface area contributed by atoms with Gasteiger partial charge in [-0.1, -0.05) is 54.1 Å². The van der Waals surface area contributed by atoms with Crippen LogP contribution in [0.25, 0.3) is 11.0 Å². The van der Waals surface area contributed by atoms with Gasteiger partial charge >= 0.3 is 0 Å². The number of imidazole rings is 1. The van der Waals surface area contributed by atoms with E-state index in [1.54, 1.807) is 0 Å². The summed E-state index contributed by atoms with van der Waals surface area (Å²) in [6, 6.07) is 19.0. The zero-order valence-electron chi connectivity index (χ0n) is 30.1. The molecule has 0 saturated carbocycles. The van der Waals surface area contributed by atoms with Gasteiger partial charge in [-0.05, 0) is 89.2 Å². The van der Waals surface area contributed by atoms with E-state index in [9.17, 15) is 9.59 Å². The van der Waals surface area contributed by atoms with Crippen LogP contribution >= 0.6 is 11.6 Å². The number of nitrogen functional groups attached to an aromatic ring is 2. The fourth-order valence-corrected chi connectivity index (χ4v) is 7.79. The predicted molar refractivity (Wildman–Crippen MR) is 199 cm³/mol. The summed E-state index contributed by atoms with van der Waals surface area (Å²) in [5, 5.41) is 11.2. The second kappa shape index (κ2) is 17.6. The van der Waals surface area contributed by atoms with Crippen LogP contribution in [0.5, 0.6) is 0 Å². The number of nitrogens with two attached hydrogens (primary N) is 2. The molecule has 13 nitrogen and oxygen atoms in total. The molecule has 2 fully saturated rings. The highest BCUT2D eigenvalue weighted by Gasteiger charge is 2.40. The van der Waals surface area contributed by atoms with Crippen molar-refractivity contribution in [2.45, 2.75) is 71.5 Å². The lowest BCUT2D eigenvalue weighted by atomic mass is 9.73. The molecule has 278 valence electrons. The Bertz CT molecular complexity index is 1840. The molecule has 5 N–H and O–H groups in total. The number of amides is 2. The summed E-state index contributed by atoms with van der Waals surface area (Å²) in [5.74, 6) is 1.20. The minimum absolute atomic E-state index is 0.0185. The van der Waals surface area contributed by atoms with Crippen molar-refractivity contribution in [1.29, 1.82) is 0 Å². The summed E-state index contributed by atoms with van der Waals surface area (Å²) < 4.78 is 4.64. The fourth-order valence-electron chi connectivity index (χ4n) is 7.67. The minimum Gasteiger partial charge on any atom is -0.554 e. The average molecular weight is 732 g/mol. The van der Waals surface area contributed by atoms with Gasteiger partial charge in [-0.2, -0.15) is 0 Å². The number of nitrogens with zero attached hydrogens (tertiary/aromatic N) is 6. The van der Waals surface area contributed by atoms with Crippen LogP contribution in [-0.4, -0.2) is 75.8 Å². The number of nitrogens with one attached hydrogen (secondary N) is 1. The van der Waals surface area contributed by atoms with E-state index in [4.69, 9.17) is 33.0 Å². The van der Waals surface area contributed by atoms with Gasteiger partial charge < -0.3 is 36.5 Å². The Balaban J connectivity index is 0.00000168. The first-order chi connectivity index (χ1) is 25.1. The maximum absolute atomic E-state index is 13.5. The highest BCUT2D eigenvalue weighted by atomic mass is 35.5. The van der Waals surface area contributed by atoms with Crippen LogP contribution in [0.4, 0.5) is 11.6 Å². The third-order valence-corrected chi connectivity index (χ3v) is 11.0. The Morgan fingerprint density at radius 3 is 2.35 bits per heavy atom. The molecule has 2 aromatic carbocycles. The molecule has 2 saturated heterocycles. The number of hydrogen-bond acceptors (Lipinski definition) is 9. The standard InChI is InChI=1S/C37H48ClN9O2.CH2O2/c1-3-46-28-11-7-8-12-29(28)47(30(46)24-41-36(49)32-34(39)43-35(40)33(38)42-32)25-37(16-13-26-9-5-4-6-10-26)17-21-45(22-18-37)31(48)23-27-14-19-44(2)20-15-27;2-1-3/h4-12,27H,3,13-25H2,1-2H3,(H4-,39,40,41,43,49);1H,(H,2,3). The van der Waals surface area contributed by atoms with Gasteiger partial charge in [-0.15, -0.1) is 0 Å². The lowest BCUT2D eigenvalue weighted by Crippen LogP contribution is -2.52. The molecule has 2 aliphatic heterocycles. The number of likely N-dealkylation sites (tertiary alicyclic amines) is 2. The molecule has 2 aliphatic rings. The molecule has 4 aromatic rings. The molecular formula is C38H50ClN9O4. The van der Waals surface area contributed by atoms with Gasteiger partial charge in [0.2, 0.25) is 5.91 Å². The van der Waals surface area contributed by atoms with Crippen LogP contribution in [-0.2, 0) is 35.6 Å². The smallest absolute Gasteiger partial charge is 0.277 e. The van der Waals surface area contributed by atoms with Crippen molar-refractivity contribution in [3.63, 3.8) is 0 Å². The second-order valence-electron chi connectivity index (χ2n) is 14.0. The van der Waals surface area contributed by atoms with Crippen molar-refractivity contribution in [2.75, 3.05) is 44.7 Å². The molecule has 14 heteroatoms. The van der Waals surface area contributed by atoms with Crippen LogP contribution in [0, 0.1) is 11.3 Å². The number of hydrogen-bond donors (Lipinski definition) is 3. The Kier molecular flexibility index (Phi) is 13.1. The summed E-state index contributed by atoms with van der Waals surface area (Å²) in [7, 11) is 2.16.